The van der Waals surface area contributed by atoms with Crippen LogP contribution in [0.4, 0.5) is 0 Å². The summed E-state index contributed by atoms with van der Waals surface area (Å²) in [5.41, 5.74) is 3.74. The molecular weight excluding hydrogens is 404 g/mol. The van der Waals surface area contributed by atoms with Gasteiger partial charge in [-0.2, -0.15) is 0 Å². The summed E-state index contributed by atoms with van der Waals surface area (Å²) >= 11 is 0. The molecule has 0 bridgehead atoms. The zero-order valence-corrected chi connectivity index (χ0v) is 18.2. The molecule has 1 aliphatic rings. The molecule has 0 heterocycles. The number of hydrogen-bond donors (Lipinski definition) is 0. The summed E-state index contributed by atoms with van der Waals surface area (Å²) < 4.78 is 5.98. The van der Waals surface area contributed by atoms with Crippen molar-refractivity contribution in [2.24, 2.45) is 0 Å². The molecule has 0 fully saturated rings. The maximum atomic E-state index is 14.1. The molecule has 33 heavy (non-hydrogen) atoms. The van der Waals surface area contributed by atoms with E-state index < -0.39 is 5.41 Å². The Morgan fingerprint density at radius 3 is 1.88 bits per heavy atom. The molecule has 0 amide bonds. The molecule has 0 spiro atoms. The number of carbonyl (C=O) groups is 1. The van der Waals surface area contributed by atoms with Crippen LogP contribution >= 0.6 is 0 Å². The zero-order chi connectivity index (χ0) is 22.5. The Hall–Kier alpha value is -4.17. The van der Waals surface area contributed by atoms with Crippen molar-refractivity contribution in [3.05, 3.63) is 156 Å². The number of ether oxygens (including phenoxy) is 1. The van der Waals surface area contributed by atoms with E-state index in [0.29, 0.717) is 12.2 Å². The van der Waals surface area contributed by atoms with Gasteiger partial charge >= 0.3 is 0 Å². The molecule has 2 nitrogen and oxygen atoms in total. The maximum absolute atomic E-state index is 14.1. The Balaban J connectivity index is 1.51. The number of carbonyl (C=O) groups excluding carboxylic acids is 1. The lowest BCUT2D eigenvalue weighted by Crippen LogP contribution is -2.37. The van der Waals surface area contributed by atoms with Gasteiger partial charge in [0.05, 0.1) is 0 Å². The van der Waals surface area contributed by atoms with E-state index in [9.17, 15) is 4.79 Å². The highest BCUT2D eigenvalue weighted by Crippen LogP contribution is 2.42. The van der Waals surface area contributed by atoms with E-state index in [-0.39, 0.29) is 5.78 Å². The molecule has 1 aliphatic carbocycles. The molecule has 4 aromatic rings. The summed E-state index contributed by atoms with van der Waals surface area (Å²) in [5, 5.41) is 0. The van der Waals surface area contributed by atoms with E-state index in [4.69, 9.17) is 4.74 Å². The van der Waals surface area contributed by atoms with E-state index in [1.54, 1.807) is 0 Å². The van der Waals surface area contributed by atoms with E-state index in [1.165, 1.54) is 0 Å². The van der Waals surface area contributed by atoms with Crippen LogP contribution in [0.2, 0.25) is 0 Å². The SMILES string of the molecule is O=C1C(c2ccccc2)=CC=CC1(c1ccccc1)c1ccc(OCc2ccccc2)cc1. The number of benzene rings is 4. The van der Waals surface area contributed by atoms with Gasteiger partial charge in [0.25, 0.3) is 0 Å². The topological polar surface area (TPSA) is 26.3 Å². The Morgan fingerprint density at radius 1 is 0.636 bits per heavy atom. The molecule has 0 N–H and O–H groups in total. The Morgan fingerprint density at radius 2 is 1.21 bits per heavy atom. The third kappa shape index (κ3) is 4.04. The molecule has 5 rings (SSSR count). The Kier molecular flexibility index (Phi) is 5.73. The highest BCUT2D eigenvalue weighted by Gasteiger charge is 2.42. The minimum Gasteiger partial charge on any atom is -0.489 e. The standard InChI is InChI=1S/C31H24O2/c32-30-29(25-13-6-2-7-14-25)17-10-22-31(30,26-15-8-3-9-16-26)27-18-20-28(21-19-27)33-23-24-11-4-1-5-12-24/h1-22H,23H2. The van der Waals surface area contributed by atoms with Crippen molar-refractivity contribution >= 4 is 11.4 Å². The van der Waals surface area contributed by atoms with Crippen LogP contribution in [-0.4, -0.2) is 5.78 Å². The molecule has 0 saturated heterocycles. The first-order valence-electron chi connectivity index (χ1n) is 11.1. The summed E-state index contributed by atoms with van der Waals surface area (Å²) in [4.78, 5) is 14.1. The van der Waals surface area contributed by atoms with E-state index in [1.807, 2.05) is 133 Å². The predicted octanol–water partition coefficient (Wildman–Crippen LogP) is 6.77. The minimum absolute atomic E-state index is 0.0698. The monoisotopic (exact) mass is 428 g/mol. The van der Waals surface area contributed by atoms with Gasteiger partial charge in [-0.15, -0.1) is 0 Å². The second-order valence-electron chi connectivity index (χ2n) is 8.11. The normalized spacial score (nSPS) is 17.5. The summed E-state index contributed by atoms with van der Waals surface area (Å²) in [6.45, 7) is 0.504. The summed E-state index contributed by atoms with van der Waals surface area (Å²) in [6, 6.07) is 37.8. The number of Topliss-reactive ketones (excluding diaryl/α,β-unsaturated/α-hetero) is 1. The average Bonchev–Trinajstić information content (AvgIpc) is 2.90. The smallest absolute Gasteiger partial charge is 0.182 e. The van der Waals surface area contributed by atoms with Gasteiger partial charge in [0.1, 0.15) is 17.8 Å². The van der Waals surface area contributed by atoms with Crippen LogP contribution < -0.4 is 4.74 Å². The van der Waals surface area contributed by atoms with Gasteiger partial charge in [0.2, 0.25) is 0 Å². The molecule has 160 valence electrons. The number of allylic oxidation sites excluding steroid dienone is 4. The molecule has 0 saturated carbocycles. The second kappa shape index (κ2) is 9.13. The first kappa shape index (κ1) is 20.7. The van der Waals surface area contributed by atoms with Crippen LogP contribution in [0.15, 0.2) is 133 Å². The third-order valence-corrected chi connectivity index (χ3v) is 6.08. The Bertz CT molecular complexity index is 1290. The Labute approximate surface area is 194 Å². The van der Waals surface area contributed by atoms with E-state index >= 15 is 0 Å². The predicted molar refractivity (Wildman–Crippen MR) is 133 cm³/mol. The van der Waals surface area contributed by atoms with Crippen molar-refractivity contribution < 1.29 is 9.53 Å². The molecule has 4 aromatic carbocycles. The average molecular weight is 429 g/mol. The molecule has 0 aromatic heterocycles. The van der Waals surface area contributed by atoms with Crippen LogP contribution in [-0.2, 0) is 16.8 Å². The van der Waals surface area contributed by atoms with Gasteiger partial charge in [-0.3, -0.25) is 4.79 Å². The van der Waals surface area contributed by atoms with Crippen LogP contribution in [0.3, 0.4) is 0 Å². The van der Waals surface area contributed by atoms with Crippen molar-refractivity contribution in [1.82, 2.24) is 0 Å². The fourth-order valence-corrected chi connectivity index (χ4v) is 4.37. The summed E-state index contributed by atoms with van der Waals surface area (Å²) in [7, 11) is 0. The number of rotatable bonds is 6. The largest absolute Gasteiger partial charge is 0.489 e. The van der Waals surface area contributed by atoms with Crippen LogP contribution in [0.5, 0.6) is 5.75 Å². The highest BCUT2D eigenvalue weighted by molar-refractivity contribution is 6.28. The summed E-state index contributed by atoms with van der Waals surface area (Å²) in [5.74, 6) is 0.845. The van der Waals surface area contributed by atoms with Gasteiger partial charge in [-0.05, 0) is 34.4 Å². The van der Waals surface area contributed by atoms with Gasteiger partial charge in [-0.1, -0.05) is 121 Å². The third-order valence-electron chi connectivity index (χ3n) is 6.08. The minimum atomic E-state index is -0.890. The van der Waals surface area contributed by atoms with Crippen molar-refractivity contribution in [1.29, 1.82) is 0 Å². The molecule has 2 heteroatoms. The molecular formula is C31H24O2. The molecule has 0 aliphatic heterocycles. The molecule has 1 unspecified atom stereocenters. The van der Waals surface area contributed by atoms with Crippen LogP contribution in [0.25, 0.3) is 5.57 Å². The van der Waals surface area contributed by atoms with Crippen molar-refractivity contribution in [3.8, 4) is 5.75 Å². The molecule has 0 radical (unpaired) electrons. The lowest BCUT2D eigenvalue weighted by atomic mass is 9.66. The van der Waals surface area contributed by atoms with Crippen LogP contribution in [0.1, 0.15) is 22.3 Å². The fraction of sp³-hybridized carbons (Fsp3) is 0.0645. The van der Waals surface area contributed by atoms with Crippen molar-refractivity contribution in [3.63, 3.8) is 0 Å². The van der Waals surface area contributed by atoms with Crippen molar-refractivity contribution in [2.45, 2.75) is 12.0 Å². The summed E-state index contributed by atoms with van der Waals surface area (Å²) in [6.07, 6.45) is 5.92. The first-order chi connectivity index (χ1) is 16.3. The van der Waals surface area contributed by atoms with Gasteiger partial charge in [-0.25, -0.2) is 0 Å². The van der Waals surface area contributed by atoms with Gasteiger partial charge < -0.3 is 4.74 Å². The van der Waals surface area contributed by atoms with Crippen LogP contribution in [0, 0.1) is 0 Å². The van der Waals surface area contributed by atoms with E-state index in [0.717, 1.165) is 28.0 Å². The maximum Gasteiger partial charge on any atom is 0.182 e. The number of ketones is 1. The number of hydrogen-bond acceptors (Lipinski definition) is 2. The lowest BCUT2D eigenvalue weighted by Gasteiger charge is -2.33. The van der Waals surface area contributed by atoms with Gasteiger partial charge in [0, 0.05) is 5.57 Å². The zero-order valence-electron chi connectivity index (χ0n) is 18.2. The van der Waals surface area contributed by atoms with Gasteiger partial charge in [0.15, 0.2) is 5.78 Å². The highest BCUT2D eigenvalue weighted by atomic mass is 16.5. The van der Waals surface area contributed by atoms with Crippen molar-refractivity contribution in [2.75, 3.05) is 0 Å². The second-order valence-corrected chi connectivity index (χ2v) is 8.11. The quantitative estimate of drug-likeness (QED) is 0.339. The first-order valence-corrected chi connectivity index (χ1v) is 11.1. The fourth-order valence-electron chi connectivity index (χ4n) is 4.37. The lowest BCUT2D eigenvalue weighted by molar-refractivity contribution is -0.116. The van der Waals surface area contributed by atoms with E-state index in [2.05, 4.69) is 0 Å². The molecule has 1 atom stereocenters.